The fourth-order valence-corrected chi connectivity index (χ4v) is 2.15. The maximum atomic E-state index is 8.73. The molecule has 102 valence electrons. The zero-order valence-corrected chi connectivity index (χ0v) is 11.3. The third-order valence-corrected chi connectivity index (χ3v) is 3.31. The van der Waals surface area contributed by atoms with Gasteiger partial charge in [-0.2, -0.15) is 0 Å². The quantitative estimate of drug-likeness (QED) is 0.586. The number of rotatable bonds is 9. The molecule has 1 aromatic carbocycles. The van der Waals surface area contributed by atoms with Gasteiger partial charge in [0.05, 0.1) is 0 Å². The van der Waals surface area contributed by atoms with Gasteiger partial charge in [-0.25, -0.2) is 0 Å². The molecule has 0 aliphatic heterocycles. The first-order valence-corrected chi connectivity index (χ1v) is 6.87. The second-order valence-electron chi connectivity index (χ2n) is 4.86. The van der Waals surface area contributed by atoms with Crippen molar-refractivity contribution in [3.63, 3.8) is 0 Å². The van der Waals surface area contributed by atoms with Gasteiger partial charge in [-0.15, -0.1) is 0 Å². The monoisotopic (exact) mass is 250 g/mol. The van der Waals surface area contributed by atoms with Crippen LogP contribution in [0, 0.1) is 0 Å². The number of aliphatic hydroxyl groups excluding tert-OH is 1. The summed E-state index contributed by atoms with van der Waals surface area (Å²) in [5.41, 5.74) is 7.17. The van der Waals surface area contributed by atoms with E-state index in [1.807, 2.05) is 6.07 Å². The molecule has 0 bridgehead atoms. The Balaban J connectivity index is 2.33. The van der Waals surface area contributed by atoms with Crippen LogP contribution >= 0.6 is 0 Å². The zero-order chi connectivity index (χ0) is 13.2. The molecule has 1 rings (SSSR count). The van der Waals surface area contributed by atoms with Gasteiger partial charge in [0.1, 0.15) is 0 Å². The lowest BCUT2D eigenvalue weighted by Gasteiger charge is -2.21. The lowest BCUT2D eigenvalue weighted by Crippen LogP contribution is -2.37. The highest BCUT2D eigenvalue weighted by atomic mass is 16.2. The van der Waals surface area contributed by atoms with Gasteiger partial charge in [0.15, 0.2) is 0 Å². The number of nitrogens with two attached hydrogens (primary N) is 1. The molecule has 0 saturated heterocycles. The van der Waals surface area contributed by atoms with Gasteiger partial charge < -0.3 is 16.2 Å². The standard InChI is InChI=1S/C15H26N2O/c1-13(14-7-3-2-4-8-14)11-15(12-16)17-9-5-6-10-18/h2-4,7-8,13,15,17-18H,5-6,9-12,16H2,1H3. The maximum absolute atomic E-state index is 8.73. The van der Waals surface area contributed by atoms with Gasteiger partial charge in [0.2, 0.25) is 0 Å². The minimum Gasteiger partial charge on any atom is -0.396 e. The Bertz CT molecular complexity index is 303. The van der Waals surface area contributed by atoms with E-state index in [-0.39, 0.29) is 6.61 Å². The third kappa shape index (κ3) is 5.63. The molecule has 0 fully saturated rings. The van der Waals surface area contributed by atoms with Gasteiger partial charge >= 0.3 is 0 Å². The molecule has 0 aromatic heterocycles. The first-order chi connectivity index (χ1) is 8.77. The first kappa shape index (κ1) is 15.2. The van der Waals surface area contributed by atoms with Crippen molar-refractivity contribution in [3.05, 3.63) is 35.9 Å². The Morgan fingerprint density at radius 2 is 1.94 bits per heavy atom. The molecule has 3 heteroatoms. The fraction of sp³-hybridized carbons (Fsp3) is 0.600. The number of hydrogen-bond acceptors (Lipinski definition) is 3. The maximum Gasteiger partial charge on any atom is 0.0431 e. The summed E-state index contributed by atoms with van der Waals surface area (Å²) in [6.07, 6.45) is 2.92. The second kappa shape index (κ2) is 9.09. The molecule has 0 amide bonds. The number of unbranched alkanes of at least 4 members (excludes halogenated alkanes) is 1. The molecule has 4 N–H and O–H groups in total. The minimum atomic E-state index is 0.273. The van der Waals surface area contributed by atoms with Crippen molar-refractivity contribution < 1.29 is 5.11 Å². The van der Waals surface area contributed by atoms with Crippen molar-refractivity contribution in [3.8, 4) is 0 Å². The van der Waals surface area contributed by atoms with E-state index >= 15 is 0 Å². The van der Waals surface area contributed by atoms with Gasteiger partial charge in [0, 0.05) is 19.2 Å². The van der Waals surface area contributed by atoms with E-state index in [2.05, 4.69) is 36.5 Å². The van der Waals surface area contributed by atoms with Crippen LogP contribution in [0.5, 0.6) is 0 Å². The molecule has 2 atom stereocenters. The van der Waals surface area contributed by atoms with Crippen LogP contribution < -0.4 is 11.1 Å². The largest absolute Gasteiger partial charge is 0.396 e. The summed E-state index contributed by atoms with van der Waals surface area (Å²) < 4.78 is 0. The van der Waals surface area contributed by atoms with Crippen LogP contribution in [0.3, 0.4) is 0 Å². The molecular weight excluding hydrogens is 224 g/mol. The Kier molecular flexibility index (Phi) is 7.65. The molecule has 0 aliphatic rings. The van der Waals surface area contributed by atoms with E-state index in [0.29, 0.717) is 18.5 Å². The SMILES string of the molecule is CC(CC(CN)NCCCCO)c1ccccc1. The fourth-order valence-electron chi connectivity index (χ4n) is 2.15. The molecule has 2 unspecified atom stereocenters. The molecule has 0 saturated carbocycles. The van der Waals surface area contributed by atoms with E-state index in [4.69, 9.17) is 10.8 Å². The predicted octanol–water partition coefficient (Wildman–Crippen LogP) is 1.87. The van der Waals surface area contributed by atoms with Gasteiger partial charge in [-0.1, -0.05) is 37.3 Å². The van der Waals surface area contributed by atoms with Crippen molar-refractivity contribution in [1.29, 1.82) is 0 Å². The summed E-state index contributed by atoms with van der Waals surface area (Å²) in [5.74, 6) is 0.519. The van der Waals surface area contributed by atoms with Crippen molar-refractivity contribution in [2.24, 2.45) is 5.73 Å². The predicted molar refractivity (Wildman–Crippen MR) is 76.6 cm³/mol. The van der Waals surface area contributed by atoms with Crippen molar-refractivity contribution in [2.75, 3.05) is 19.7 Å². The Morgan fingerprint density at radius 3 is 2.56 bits per heavy atom. The van der Waals surface area contributed by atoms with Crippen LogP contribution in [-0.2, 0) is 0 Å². The number of aliphatic hydroxyl groups is 1. The molecule has 0 radical (unpaired) electrons. The topological polar surface area (TPSA) is 58.3 Å². The van der Waals surface area contributed by atoms with Gasteiger partial charge in [-0.3, -0.25) is 0 Å². The zero-order valence-electron chi connectivity index (χ0n) is 11.3. The summed E-state index contributed by atoms with van der Waals surface area (Å²) >= 11 is 0. The molecule has 3 nitrogen and oxygen atoms in total. The average molecular weight is 250 g/mol. The average Bonchev–Trinajstić information content (AvgIpc) is 2.43. The lowest BCUT2D eigenvalue weighted by molar-refractivity contribution is 0.282. The number of hydrogen-bond donors (Lipinski definition) is 3. The highest BCUT2D eigenvalue weighted by Gasteiger charge is 2.12. The van der Waals surface area contributed by atoms with Gasteiger partial charge in [-0.05, 0) is 37.3 Å². The highest BCUT2D eigenvalue weighted by molar-refractivity contribution is 5.18. The summed E-state index contributed by atoms with van der Waals surface area (Å²) in [4.78, 5) is 0. The molecule has 0 aliphatic carbocycles. The lowest BCUT2D eigenvalue weighted by atomic mass is 9.94. The number of benzene rings is 1. The van der Waals surface area contributed by atoms with Crippen LogP contribution in [0.1, 0.15) is 37.7 Å². The second-order valence-corrected chi connectivity index (χ2v) is 4.86. The minimum absolute atomic E-state index is 0.273. The summed E-state index contributed by atoms with van der Waals surface area (Å²) in [7, 11) is 0. The molecule has 18 heavy (non-hydrogen) atoms. The summed E-state index contributed by atoms with van der Waals surface area (Å²) in [5, 5.41) is 12.2. The Hall–Kier alpha value is -0.900. The van der Waals surface area contributed by atoms with Crippen LogP contribution in [0.4, 0.5) is 0 Å². The van der Waals surface area contributed by atoms with Crippen molar-refractivity contribution in [2.45, 2.75) is 38.1 Å². The first-order valence-electron chi connectivity index (χ1n) is 6.87. The molecule has 1 aromatic rings. The van der Waals surface area contributed by atoms with E-state index in [0.717, 1.165) is 25.8 Å². The van der Waals surface area contributed by atoms with Crippen LogP contribution in [0.2, 0.25) is 0 Å². The van der Waals surface area contributed by atoms with Crippen LogP contribution in [-0.4, -0.2) is 30.8 Å². The van der Waals surface area contributed by atoms with E-state index in [1.54, 1.807) is 0 Å². The molecule has 0 heterocycles. The summed E-state index contributed by atoms with van der Waals surface area (Å²) in [6, 6.07) is 10.9. The highest BCUT2D eigenvalue weighted by Crippen LogP contribution is 2.19. The van der Waals surface area contributed by atoms with Crippen LogP contribution in [0.25, 0.3) is 0 Å². The summed E-state index contributed by atoms with van der Waals surface area (Å²) in [6.45, 7) is 4.11. The van der Waals surface area contributed by atoms with E-state index in [9.17, 15) is 0 Å². The molecular formula is C15H26N2O. The van der Waals surface area contributed by atoms with E-state index in [1.165, 1.54) is 5.56 Å². The van der Waals surface area contributed by atoms with E-state index < -0.39 is 0 Å². The Morgan fingerprint density at radius 1 is 1.22 bits per heavy atom. The van der Waals surface area contributed by atoms with Crippen molar-refractivity contribution in [1.82, 2.24) is 5.32 Å². The normalized spacial score (nSPS) is 14.4. The van der Waals surface area contributed by atoms with Gasteiger partial charge in [0.25, 0.3) is 0 Å². The third-order valence-electron chi connectivity index (χ3n) is 3.31. The molecule has 0 spiro atoms. The Labute approximate surface area is 110 Å². The van der Waals surface area contributed by atoms with Crippen LogP contribution in [0.15, 0.2) is 30.3 Å². The van der Waals surface area contributed by atoms with Crippen molar-refractivity contribution >= 4 is 0 Å². The number of nitrogens with one attached hydrogen (secondary N) is 1. The smallest absolute Gasteiger partial charge is 0.0431 e.